The van der Waals surface area contributed by atoms with Gasteiger partial charge in [0.25, 0.3) is 5.91 Å². The second-order valence-electron chi connectivity index (χ2n) is 10.1. The summed E-state index contributed by atoms with van der Waals surface area (Å²) in [6.45, 7) is 7.42. The SMILES string of the molecule is CCOc1ccc(N2C(=O)/C(=C/c3cn(CCOc4ccc(C)c(C)c4)c4ccc(Br)cc34)N(CC(=O)OC)C2=S)cc1. The van der Waals surface area contributed by atoms with E-state index in [1.807, 2.05) is 43.5 Å². The van der Waals surface area contributed by atoms with Gasteiger partial charge >= 0.3 is 5.97 Å². The van der Waals surface area contributed by atoms with Crippen LogP contribution in [0.15, 0.2) is 77.0 Å². The van der Waals surface area contributed by atoms with Gasteiger partial charge in [-0.1, -0.05) is 22.0 Å². The fourth-order valence-corrected chi connectivity index (χ4v) is 5.63. The maximum Gasteiger partial charge on any atom is 0.325 e. The number of methoxy groups -OCH3 is 1. The van der Waals surface area contributed by atoms with E-state index < -0.39 is 5.97 Å². The van der Waals surface area contributed by atoms with E-state index in [2.05, 4.69) is 40.4 Å². The van der Waals surface area contributed by atoms with Crippen LogP contribution in [-0.4, -0.2) is 53.3 Å². The molecule has 43 heavy (non-hydrogen) atoms. The van der Waals surface area contributed by atoms with E-state index in [0.29, 0.717) is 31.2 Å². The molecular weight excluding hydrogens is 630 g/mol. The summed E-state index contributed by atoms with van der Waals surface area (Å²) >= 11 is 9.31. The second kappa shape index (κ2) is 13.0. The van der Waals surface area contributed by atoms with Gasteiger partial charge in [-0.05, 0) is 105 Å². The highest BCUT2D eigenvalue weighted by molar-refractivity contribution is 9.10. The lowest BCUT2D eigenvalue weighted by Gasteiger charge is -2.19. The number of amides is 1. The maximum atomic E-state index is 13.9. The topological polar surface area (TPSA) is 73.2 Å². The number of carbonyl (C=O) groups excluding carboxylic acids is 2. The Bertz CT molecular complexity index is 1730. The first-order valence-electron chi connectivity index (χ1n) is 13.9. The monoisotopic (exact) mass is 661 g/mol. The minimum absolute atomic E-state index is 0.192. The van der Waals surface area contributed by atoms with Gasteiger partial charge in [0.1, 0.15) is 30.3 Å². The molecule has 2 heterocycles. The number of ether oxygens (including phenoxy) is 3. The number of hydrogen-bond donors (Lipinski definition) is 0. The number of rotatable bonds is 10. The Hall–Kier alpha value is -4.15. The van der Waals surface area contributed by atoms with Gasteiger partial charge in [0.05, 0.1) is 25.9 Å². The van der Waals surface area contributed by atoms with E-state index in [0.717, 1.165) is 26.7 Å². The Morgan fingerprint density at radius 3 is 2.42 bits per heavy atom. The quantitative estimate of drug-likeness (QED) is 0.107. The van der Waals surface area contributed by atoms with E-state index in [4.69, 9.17) is 26.4 Å². The Morgan fingerprint density at radius 1 is 0.977 bits per heavy atom. The lowest BCUT2D eigenvalue weighted by Crippen LogP contribution is -2.35. The van der Waals surface area contributed by atoms with Crippen molar-refractivity contribution in [1.29, 1.82) is 0 Å². The van der Waals surface area contributed by atoms with E-state index in [-0.39, 0.29) is 23.3 Å². The molecule has 10 heteroatoms. The van der Waals surface area contributed by atoms with Crippen LogP contribution in [-0.2, 0) is 20.9 Å². The molecule has 8 nitrogen and oxygen atoms in total. The van der Waals surface area contributed by atoms with Gasteiger partial charge in [-0.3, -0.25) is 14.5 Å². The molecule has 0 N–H and O–H groups in total. The second-order valence-corrected chi connectivity index (χ2v) is 11.4. The molecule has 4 aromatic rings. The van der Waals surface area contributed by atoms with Gasteiger partial charge in [0.2, 0.25) is 0 Å². The summed E-state index contributed by atoms with van der Waals surface area (Å²) in [5.74, 6) is 0.656. The van der Waals surface area contributed by atoms with Gasteiger partial charge < -0.3 is 23.7 Å². The fraction of sp³-hybridized carbons (Fsp3) is 0.242. The Kier molecular flexibility index (Phi) is 9.17. The van der Waals surface area contributed by atoms with Crippen molar-refractivity contribution in [2.45, 2.75) is 27.3 Å². The number of nitrogens with zero attached hydrogens (tertiary/aromatic N) is 3. The number of fused-ring (bicyclic) bond motifs is 1. The van der Waals surface area contributed by atoms with Crippen LogP contribution in [0.2, 0.25) is 0 Å². The number of thiocarbonyl (C=S) groups is 1. The van der Waals surface area contributed by atoms with Crippen molar-refractivity contribution in [3.8, 4) is 11.5 Å². The fourth-order valence-electron chi connectivity index (χ4n) is 4.92. The summed E-state index contributed by atoms with van der Waals surface area (Å²) in [7, 11) is 1.31. The van der Waals surface area contributed by atoms with Gasteiger partial charge in [-0.15, -0.1) is 0 Å². The highest BCUT2D eigenvalue weighted by Crippen LogP contribution is 2.33. The van der Waals surface area contributed by atoms with Crippen LogP contribution in [0, 0.1) is 13.8 Å². The summed E-state index contributed by atoms with van der Waals surface area (Å²) in [5.41, 5.74) is 5.03. The summed E-state index contributed by atoms with van der Waals surface area (Å²) in [4.78, 5) is 29.2. The van der Waals surface area contributed by atoms with Gasteiger partial charge in [-0.2, -0.15) is 0 Å². The van der Waals surface area contributed by atoms with Crippen molar-refractivity contribution in [2.75, 3.05) is 31.8 Å². The molecule has 1 fully saturated rings. The first kappa shape index (κ1) is 30.3. The van der Waals surface area contributed by atoms with Gasteiger partial charge in [-0.25, -0.2) is 0 Å². The number of esters is 1. The number of carbonyl (C=O) groups is 2. The van der Waals surface area contributed by atoms with Crippen LogP contribution < -0.4 is 14.4 Å². The van der Waals surface area contributed by atoms with Crippen molar-refractivity contribution in [1.82, 2.24) is 9.47 Å². The Labute approximate surface area is 264 Å². The van der Waals surface area contributed by atoms with Gasteiger partial charge in [0.15, 0.2) is 5.11 Å². The first-order valence-corrected chi connectivity index (χ1v) is 15.1. The summed E-state index contributed by atoms with van der Waals surface area (Å²) in [5, 5.41) is 1.13. The molecule has 1 aliphatic heterocycles. The number of benzene rings is 3. The normalized spacial score (nSPS) is 14.2. The van der Waals surface area contributed by atoms with Crippen LogP contribution in [0.3, 0.4) is 0 Å². The van der Waals surface area contributed by atoms with E-state index in [1.54, 1.807) is 30.3 Å². The molecular formula is C33H32BrN3O5S. The molecule has 1 aliphatic rings. The van der Waals surface area contributed by atoms with E-state index in [9.17, 15) is 9.59 Å². The zero-order valence-corrected chi connectivity index (χ0v) is 26.8. The third kappa shape index (κ3) is 6.45. The Balaban J connectivity index is 1.49. The molecule has 1 amide bonds. The number of halogens is 1. The maximum absolute atomic E-state index is 13.9. The standard InChI is InChI=1S/C33H32BrN3O5S/c1-5-41-26-11-8-25(9-12-26)37-32(39)30(36(33(37)43)20-31(38)40-4)17-23-19-35(29-13-7-24(34)18-28(23)29)14-15-42-27-10-6-21(2)22(3)16-27/h6-13,16-19H,5,14-15,20H2,1-4H3/b30-17-. The van der Waals surface area contributed by atoms with E-state index >= 15 is 0 Å². The Morgan fingerprint density at radius 2 is 1.72 bits per heavy atom. The minimum atomic E-state index is -0.511. The number of aryl methyl sites for hydroxylation is 2. The third-order valence-electron chi connectivity index (χ3n) is 7.30. The number of aromatic nitrogens is 1. The van der Waals surface area contributed by atoms with Crippen LogP contribution >= 0.6 is 28.1 Å². The molecule has 0 radical (unpaired) electrons. The average molecular weight is 663 g/mol. The molecule has 0 unspecified atom stereocenters. The van der Waals surface area contributed by atoms with Crippen LogP contribution in [0.5, 0.6) is 11.5 Å². The van der Waals surface area contributed by atoms with Crippen LogP contribution in [0.1, 0.15) is 23.6 Å². The first-order chi connectivity index (χ1) is 20.7. The average Bonchev–Trinajstić information content (AvgIpc) is 3.44. The van der Waals surface area contributed by atoms with Crippen LogP contribution in [0.4, 0.5) is 5.69 Å². The molecule has 0 aliphatic carbocycles. The van der Waals surface area contributed by atoms with Crippen molar-refractivity contribution in [3.63, 3.8) is 0 Å². The third-order valence-corrected chi connectivity index (χ3v) is 8.20. The van der Waals surface area contributed by atoms with Crippen molar-refractivity contribution < 1.29 is 23.8 Å². The lowest BCUT2D eigenvalue weighted by molar-refractivity contribution is -0.140. The molecule has 0 spiro atoms. The largest absolute Gasteiger partial charge is 0.494 e. The highest BCUT2D eigenvalue weighted by atomic mass is 79.9. The zero-order chi connectivity index (χ0) is 30.7. The molecule has 1 saturated heterocycles. The smallest absolute Gasteiger partial charge is 0.325 e. The predicted octanol–water partition coefficient (Wildman–Crippen LogP) is 6.65. The van der Waals surface area contributed by atoms with Gasteiger partial charge in [0, 0.05) is 27.1 Å². The number of hydrogen-bond acceptors (Lipinski definition) is 6. The molecule has 3 aromatic carbocycles. The lowest BCUT2D eigenvalue weighted by atomic mass is 10.1. The summed E-state index contributed by atoms with van der Waals surface area (Å²) < 4.78 is 19.5. The molecule has 1 aromatic heterocycles. The van der Waals surface area contributed by atoms with E-state index in [1.165, 1.54) is 28.0 Å². The molecule has 222 valence electrons. The highest BCUT2D eigenvalue weighted by Gasteiger charge is 2.40. The molecule has 5 rings (SSSR count). The molecule has 0 saturated carbocycles. The van der Waals surface area contributed by atoms with Crippen LogP contribution in [0.25, 0.3) is 17.0 Å². The minimum Gasteiger partial charge on any atom is -0.494 e. The van der Waals surface area contributed by atoms with Crippen molar-refractivity contribution in [3.05, 3.63) is 93.7 Å². The number of anilines is 1. The summed E-state index contributed by atoms with van der Waals surface area (Å²) in [6, 6.07) is 19.2. The molecule has 0 atom stereocenters. The summed E-state index contributed by atoms with van der Waals surface area (Å²) in [6.07, 6.45) is 3.77. The molecule has 0 bridgehead atoms. The van der Waals surface area contributed by atoms with Crippen molar-refractivity contribution in [2.24, 2.45) is 0 Å². The van der Waals surface area contributed by atoms with Crippen molar-refractivity contribution >= 4 is 67.8 Å². The zero-order valence-electron chi connectivity index (χ0n) is 24.4. The predicted molar refractivity (Wildman–Crippen MR) is 175 cm³/mol.